The maximum Gasteiger partial charge on any atom is 0.00105 e. The fourth-order valence-corrected chi connectivity index (χ4v) is 2.31. The summed E-state index contributed by atoms with van der Waals surface area (Å²) in [5, 5.41) is 6.78. The molecule has 0 saturated heterocycles. The molecule has 2 heteroatoms. The fraction of sp³-hybridized carbons (Fsp3) is 1.00. The molecule has 0 unspecified atom stereocenters. The van der Waals surface area contributed by atoms with Crippen LogP contribution in [0.4, 0.5) is 0 Å². The maximum absolute atomic E-state index is 3.60. The van der Waals surface area contributed by atoms with E-state index in [1.807, 2.05) is 7.05 Å². The van der Waals surface area contributed by atoms with Gasteiger partial charge in [-0.25, -0.2) is 0 Å². The Kier molecular flexibility index (Phi) is 2.89. The van der Waals surface area contributed by atoms with Crippen LogP contribution in [0.15, 0.2) is 0 Å². The van der Waals surface area contributed by atoms with Crippen molar-refractivity contribution in [2.45, 2.75) is 32.1 Å². The van der Waals surface area contributed by atoms with E-state index in [9.17, 15) is 0 Å². The lowest BCUT2D eigenvalue weighted by atomic mass is 10.0. The van der Waals surface area contributed by atoms with Crippen molar-refractivity contribution in [3.8, 4) is 0 Å². The Morgan fingerprint density at radius 1 is 1.23 bits per heavy atom. The second kappa shape index (κ2) is 3.97. The van der Waals surface area contributed by atoms with Gasteiger partial charge in [0.1, 0.15) is 0 Å². The minimum absolute atomic E-state index is 0.777. The normalized spacial score (nSPS) is 24.7. The fourth-order valence-electron chi connectivity index (χ4n) is 2.31. The third-order valence-electron chi connectivity index (χ3n) is 3.59. The molecular weight excluding hydrogens is 160 g/mol. The summed E-state index contributed by atoms with van der Waals surface area (Å²) in [7, 11) is 2.02. The smallest absolute Gasteiger partial charge is 0.00105 e. The van der Waals surface area contributed by atoms with Crippen LogP contribution in [0.1, 0.15) is 32.1 Å². The Bertz CT molecular complexity index is 159. The van der Waals surface area contributed by atoms with Crippen LogP contribution in [0.25, 0.3) is 0 Å². The van der Waals surface area contributed by atoms with Gasteiger partial charge in [-0.05, 0) is 63.6 Å². The zero-order valence-electron chi connectivity index (χ0n) is 8.73. The molecule has 76 valence electrons. The molecule has 0 spiro atoms. The van der Waals surface area contributed by atoms with E-state index in [1.165, 1.54) is 45.2 Å². The van der Waals surface area contributed by atoms with Crippen LogP contribution >= 0.6 is 0 Å². The third-order valence-corrected chi connectivity index (χ3v) is 3.59. The van der Waals surface area contributed by atoms with Crippen molar-refractivity contribution in [3.05, 3.63) is 0 Å². The average Bonchev–Trinajstić information content (AvgIpc) is 2.98. The summed E-state index contributed by atoms with van der Waals surface area (Å²) in [6.07, 6.45) is 7.28. The van der Waals surface area contributed by atoms with E-state index < -0.39 is 0 Å². The molecule has 2 saturated carbocycles. The summed E-state index contributed by atoms with van der Waals surface area (Å²) in [5.41, 5.74) is 0.777. The quantitative estimate of drug-likeness (QED) is 0.581. The molecule has 0 aliphatic heterocycles. The number of hydrogen-bond acceptors (Lipinski definition) is 2. The first-order chi connectivity index (χ1) is 6.37. The van der Waals surface area contributed by atoms with Gasteiger partial charge in [-0.1, -0.05) is 0 Å². The predicted octanol–water partition coefficient (Wildman–Crippen LogP) is 1.38. The lowest BCUT2D eigenvalue weighted by Gasteiger charge is -2.14. The Labute approximate surface area is 81.5 Å². The molecule has 2 rings (SSSR count). The van der Waals surface area contributed by atoms with E-state index in [0.717, 1.165) is 17.9 Å². The van der Waals surface area contributed by atoms with Gasteiger partial charge < -0.3 is 10.6 Å². The molecule has 0 heterocycles. The maximum atomic E-state index is 3.60. The van der Waals surface area contributed by atoms with Crippen molar-refractivity contribution in [1.29, 1.82) is 0 Å². The van der Waals surface area contributed by atoms with Gasteiger partial charge in [-0.15, -0.1) is 0 Å². The molecule has 0 atom stereocenters. The zero-order valence-corrected chi connectivity index (χ0v) is 8.73. The highest BCUT2D eigenvalue weighted by Crippen LogP contribution is 2.60. The SMILES string of the molecule is CNCCCNCC1(C2CC2)CC1. The molecule has 2 N–H and O–H groups in total. The number of rotatable bonds is 7. The Morgan fingerprint density at radius 2 is 2.00 bits per heavy atom. The van der Waals surface area contributed by atoms with Crippen molar-refractivity contribution in [3.63, 3.8) is 0 Å². The molecule has 0 aromatic rings. The van der Waals surface area contributed by atoms with Crippen LogP contribution in [0.3, 0.4) is 0 Å². The van der Waals surface area contributed by atoms with E-state index in [4.69, 9.17) is 0 Å². The van der Waals surface area contributed by atoms with E-state index >= 15 is 0 Å². The van der Waals surface area contributed by atoms with Crippen molar-refractivity contribution in [2.75, 3.05) is 26.7 Å². The number of hydrogen-bond donors (Lipinski definition) is 2. The monoisotopic (exact) mass is 182 g/mol. The van der Waals surface area contributed by atoms with Crippen molar-refractivity contribution in [2.24, 2.45) is 11.3 Å². The summed E-state index contributed by atoms with van der Waals surface area (Å²) in [6.45, 7) is 3.63. The molecule has 2 aliphatic rings. The summed E-state index contributed by atoms with van der Waals surface area (Å²) in [6, 6.07) is 0. The van der Waals surface area contributed by atoms with E-state index in [2.05, 4.69) is 10.6 Å². The second-order valence-corrected chi connectivity index (χ2v) is 4.77. The topological polar surface area (TPSA) is 24.1 Å². The van der Waals surface area contributed by atoms with Crippen LogP contribution in [-0.4, -0.2) is 26.7 Å². The van der Waals surface area contributed by atoms with Crippen LogP contribution in [-0.2, 0) is 0 Å². The molecule has 2 fully saturated rings. The third kappa shape index (κ3) is 2.44. The van der Waals surface area contributed by atoms with Gasteiger partial charge in [0, 0.05) is 6.54 Å². The largest absolute Gasteiger partial charge is 0.320 e. The highest BCUT2D eigenvalue weighted by molar-refractivity contribution is 5.04. The van der Waals surface area contributed by atoms with E-state index in [-0.39, 0.29) is 0 Å². The Morgan fingerprint density at radius 3 is 2.54 bits per heavy atom. The summed E-state index contributed by atoms with van der Waals surface area (Å²) in [4.78, 5) is 0. The van der Waals surface area contributed by atoms with Crippen molar-refractivity contribution < 1.29 is 0 Å². The van der Waals surface area contributed by atoms with Gasteiger partial charge in [0.05, 0.1) is 0 Å². The van der Waals surface area contributed by atoms with Crippen LogP contribution in [0.2, 0.25) is 0 Å². The van der Waals surface area contributed by atoms with Gasteiger partial charge in [0.25, 0.3) is 0 Å². The highest BCUT2D eigenvalue weighted by atomic mass is 14.9. The van der Waals surface area contributed by atoms with Gasteiger partial charge in [0.2, 0.25) is 0 Å². The predicted molar refractivity (Wildman–Crippen MR) is 55.8 cm³/mol. The van der Waals surface area contributed by atoms with Gasteiger partial charge in [-0.2, -0.15) is 0 Å². The molecule has 2 aliphatic carbocycles. The standard InChI is InChI=1S/C11H22N2/c1-12-7-2-8-13-9-11(5-6-11)10-3-4-10/h10,12-13H,2-9H2,1H3. The van der Waals surface area contributed by atoms with E-state index in [1.54, 1.807) is 0 Å². The molecule has 0 radical (unpaired) electrons. The summed E-state index contributed by atoms with van der Waals surface area (Å²) >= 11 is 0. The Hall–Kier alpha value is -0.0800. The van der Waals surface area contributed by atoms with Crippen molar-refractivity contribution in [1.82, 2.24) is 10.6 Å². The van der Waals surface area contributed by atoms with Gasteiger partial charge in [-0.3, -0.25) is 0 Å². The molecule has 0 bridgehead atoms. The number of nitrogens with one attached hydrogen (secondary N) is 2. The van der Waals surface area contributed by atoms with Gasteiger partial charge >= 0.3 is 0 Å². The molecule has 13 heavy (non-hydrogen) atoms. The minimum Gasteiger partial charge on any atom is -0.320 e. The molecule has 0 amide bonds. The molecule has 0 aromatic carbocycles. The first kappa shape index (κ1) is 9.47. The highest BCUT2D eigenvalue weighted by Gasteiger charge is 2.52. The minimum atomic E-state index is 0.777. The molecule has 2 nitrogen and oxygen atoms in total. The lowest BCUT2D eigenvalue weighted by Crippen LogP contribution is -2.27. The van der Waals surface area contributed by atoms with Crippen LogP contribution in [0, 0.1) is 11.3 Å². The van der Waals surface area contributed by atoms with Crippen LogP contribution in [0.5, 0.6) is 0 Å². The second-order valence-electron chi connectivity index (χ2n) is 4.77. The first-order valence-electron chi connectivity index (χ1n) is 5.73. The zero-order chi connectivity index (χ0) is 9.15. The lowest BCUT2D eigenvalue weighted by molar-refractivity contribution is 0.402. The average molecular weight is 182 g/mol. The Balaban J connectivity index is 1.52. The van der Waals surface area contributed by atoms with Crippen molar-refractivity contribution >= 4 is 0 Å². The first-order valence-corrected chi connectivity index (χ1v) is 5.73. The van der Waals surface area contributed by atoms with Crippen LogP contribution < -0.4 is 10.6 Å². The summed E-state index contributed by atoms with van der Waals surface area (Å²) < 4.78 is 0. The van der Waals surface area contributed by atoms with Gasteiger partial charge in [0.15, 0.2) is 0 Å². The van der Waals surface area contributed by atoms with E-state index in [0.29, 0.717) is 0 Å². The summed E-state index contributed by atoms with van der Waals surface area (Å²) in [5.74, 6) is 1.10. The molecule has 0 aromatic heterocycles. The molecular formula is C11H22N2.